The van der Waals surface area contributed by atoms with Crippen LogP contribution in [0, 0.1) is 6.92 Å². The Morgan fingerprint density at radius 1 is 1.11 bits per heavy atom. The molecule has 2 aromatic carbocycles. The summed E-state index contributed by atoms with van der Waals surface area (Å²) in [6.45, 7) is 8.57. The minimum Gasteiger partial charge on any atom is -0.495 e. The smallest absolute Gasteiger partial charge is 0.247 e. The van der Waals surface area contributed by atoms with Gasteiger partial charge in [-0.15, -0.1) is 0 Å². The van der Waals surface area contributed by atoms with Crippen LogP contribution in [0.25, 0.3) is 0 Å². The number of piperidine rings is 1. The van der Waals surface area contributed by atoms with Gasteiger partial charge < -0.3 is 25.6 Å². The molecule has 0 bridgehead atoms. The van der Waals surface area contributed by atoms with Crippen LogP contribution in [0.1, 0.15) is 36.8 Å². The zero-order chi connectivity index (χ0) is 26.4. The normalized spacial score (nSPS) is 13.5. The van der Waals surface area contributed by atoms with Gasteiger partial charge in [-0.3, -0.25) is 9.59 Å². The van der Waals surface area contributed by atoms with Crippen molar-refractivity contribution in [2.24, 2.45) is 0 Å². The monoisotopic (exact) mass is 500 g/mol. The molecule has 9 heteroatoms. The number of carbonyl (C=O) groups is 2. The molecule has 4 rings (SSSR count). The molecule has 2 heterocycles. The number of methoxy groups -OCH3 is 1. The molecule has 3 N–H and O–H groups in total. The van der Waals surface area contributed by atoms with Crippen molar-refractivity contribution in [1.82, 2.24) is 14.9 Å². The third-order valence-electron chi connectivity index (χ3n) is 6.43. The van der Waals surface area contributed by atoms with E-state index in [0.29, 0.717) is 29.1 Å². The van der Waals surface area contributed by atoms with Gasteiger partial charge in [-0.2, -0.15) is 4.98 Å². The molecule has 0 radical (unpaired) electrons. The Kier molecular flexibility index (Phi) is 8.02. The number of aromatic nitrogens is 2. The van der Waals surface area contributed by atoms with Crippen molar-refractivity contribution < 1.29 is 14.3 Å². The van der Waals surface area contributed by atoms with Crippen LogP contribution in [-0.4, -0.2) is 46.9 Å². The summed E-state index contributed by atoms with van der Waals surface area (Å²) in [5.74, 6) is 2.01. The van der Waals surface area contributed by atoms with Gasteiger partial charge >= 0.3 is 0 Å². The first-order chi connectivity index (χ1) is 17.9. The Hall–Kier alpha value is -4.40. The van der Waals surface area contributed by atoms with Crippen LogP contribution in [0.2, 0.25) is 0 Å². The van der Waals surface area contributed by atoms with Crippen LogP contribution in [0.5, 0.6) is 5.75 Å². The number of likely N-dealkylation sites (tertiary alicyclic amines) is 1. The summed E-state index contributed by atoms with van der Waals surface area (Å²) in [6, 6.07) is 13.5. The molecule has 2 amide bonds. The van der Waals surface area contributed by atoms with E-state index in [1.54, 1.807) is 26.3 Å². The highest BCUT2D eigenvalue weighted by Gasteiger charge is 2.23. The molecule has 1 aromatic heterocycles. The first-order valence-electron chi connectivity index (χ1n) is 12.2. The Labute approximate surface area is 217 Å². The van der Waals surface area contributed by atoms with Crippen LogP contribution >= 0.6 is 0 Å². The maximum absolute atomic E-state index is 11.6. The third-order valence-corrected chi connectivity index (χ3v) is 6.43. The zero-order valence-electron chi connectivity index (χ0n) is 21.4. The summed E-state index contributed by atoms with van der Waals surface area (Å²) in [6.07, 6.45) is 4.84. The SMILES string of the molecule is C=CC(=O)Nc1cccc(Nc2nc(Nc3ccc(C4CCN(C(C)=O)CC4)cc3OC)ncc2C)c1. The topological polar surface area (TPSA) is 108 Å². The number of rotatable bonds is 8. The molecule has 1 aliphatic rings. The lowest BCUT2D eigenvalue weighted by atomic mass is 9.89. The largest absolute Gasteiger partial charge is 0.495 e. The summed E-state index contributed by atoms with van der Waals surface area (Å²) in [4.78, 5) is 34.2. The molecule has 0 spiro atoms. The van der Waals surface area contributed by atoms with Crippen molar-refractivity contribution in [3.05, 3.63) is 72.4 Å². The van der Waals surface area contributed by atoms with Gasteiger partial charge in [0.1, 0.15) is 11.6 Å². The van der Waals surface area contributed by atoms with Crippen molar-refractivity contribution in [2.75, 3.05) is 36.1 Å². The van der Waals surface area contributed by atoms with E-state index >= 15 is 0 Å². The second kappa shape index (κ2) is 11.6. The van der Waals surface area contributed by atoms with E-state index in [1.165, 1.54) is 11.6 Å². The molecule has 1 fully saturated rings. The first kappa shape index (κ1) is 25.7. The summed E-state index contributed by atoms with van der Waals surface area (Å²) in [5, 5.41) is 9.31. The average molecular weight is 501 g/mol. The van der Waals surface area contributed by atoms with Gasteiger partial charge in [0.2, 0.25) is 17.8 Å². The predicted octanol–water partition coefficient (Wildman–Crippen LogP) is 5.13. The first-order valence-corrected chi connectivity index (χ1v) is 12.2. The van der Waals surface area contributed by atoms with Crippen molar-refractivity contribution >= 4 is 40.6 Å². The number of ether oxygens (including phenoxy) is 1. The highest BCUT2D eigenvalue weighted by atomic mass is 16.5. The molecule has 1 aliphatic heterocycles. The second-order valence-corrected chi connectivity index (χ2v) is 8.99. The number of nitrogens with one attached hydrogen (secondary N) is 3. The quantitative estimate of drug-likeness (QED) is 0.368. The average Bonchev–Trinajstić information content (AvgIpc) is 2.91. The maximum Gasteiger partial charge on any atom is 0.247 e. The van der Waals surface area contributed by atoms with E-state index < -0.39 is 0 Å². The maximum atomic E-state index is 11.6. The van der Waals surface area contributed by atoms with Gasteiger partial charge in [0.05, 0.1) is 12.8 Å². The number of hydrogen-bond acceptors (Lipinski definition) is 7. The van der Waals surface area contributed by atoms with Gasteiger partial charge in [-0.05, 0) is 67.7 Å². The van der Waals surface area contributed by atoms with E-state index in [-0.39, 0.29) is 11.8 Å². The van der Waals surface area contributed by atoms with Crippen molar-refractivity contribution in [2.45, 2.75) is 32.6 Å². The molecular formula is C28H32N6O3. The fraction of sp³-hybridized carbons (Fsp3) is 0.286. The van der Waals surface area contributed by atoms with Crippen molar-refractivity contribution in [1.29, 1.82) is 0 Å². The fourth-order valence-corrected chi connectivity index (χ4v) is 4.35. The van der Waals surface area contributed by atoms with E-state index in [9.17, 15) is 9.59 Å². The molecule has 3 aromatic rings. The standard InChI is InChI=1S/C28H32N6O3/c1-5-26(36)30-22-7-6-8-23(16-22)31-27-18(2)17-29-28(33-27)32-24-10-9-21(15-25(24)37-4)20-11-13-34(14-12-20)19(3)35/h5-10,15-17,20H,1,11-14H2,2-4H3,(H,30,36)(H2,29,31,32,33). The molecule has 0 atom stereocenters. The van der Waals surface area contributed by atoms with Gasteiger partial charge in [0.15, 0.2) is 0 Å². The molecule has 1 saturated heterocycles. The molecule has 9 nitrogen and oxygen atoms in total. The van der Waals surface area contributed by atoms with Crippen molar-refractivity contribution in [3.63, 3.8) is 0 Å². The minimum atomic E-state index is -0.275. The Morgan fingerprint density at radius 3 is 2.57 bits per heavy atom. The van der Waals surface area contributed by atoms with Crippen LogP contribution < -0.4 is 20.7 Å². The molecule has 0 saturated carbocycles. The summed E-state index contributed by atoms with van der Waals surface area (Å²) < 4.78 is 5.67. The molecular weight excluding hydrogens is 468 g/mol. The van der Waals surface area contributed by atoms with Gasteiger partial charge in [-0.1, -0.05) is 18.7 Å². The van der Waals surface area contributed by atoms with Gasteiger partial charge in [0.25, 0.3) is 0 Å². The highest BCUT2D eigenvalue weighted by Crippen LogP contribution is 2.35. The van der Waals surface area contributed by atoms with Crippen LogP contribution in [-0.2, 0) is 9.59 Å². The zero-order valence-corrected chi connectivity index (χ0v) is 21.4. The molecule has 0 unspecified atom stereocenters. The Morgan fingerprint density at radius 2 is 1.86 bits per heavy atom. The van der Waals surface area contributed by atoms with Gasteiger partial charge in [-0.25, -0.2) is 4.98 Å². The van der Waals surface area contributed by atoms with Crippen LogP contribution in [0.15, 0.2) is 61.3 Å². The number of carbonyl (C=O) groups excluding carboxylic acids is 2. The predicted molar refractivity (Wildman–Crippen MR) is 146 cm³/mol. The number of anilines is 5. The molecule has 37 heavy (non-hydrogen) atoms. The van der Waals surface area contributed by atoms with Gasteiger partial charge in [0, 0.05) is 43.1 Å². The molecule has 0 aliphatic carbocycles. The van der Waals surface area contributed by atoms with E-state index in [4.69, 9.17) is 4.74 Å². The van der Waals surface area contributed by atoms with Crippen LogP contribution in [0.4, 0.5) is 28.8 Å². The summed E-state index contributed by atoms with van der Waals surface area (Å²) >= 11 is 0. The van der Waals surface area contributed by atoms with E-state index in [2.05, 4.69) is 38.6 Å². The molecule has 192 valence electrons. The lowest BCUT2D eigenvalue weighted by molar-refractivity contribution is -0.129. The lowest BCUT2D eigenvalue weighted by Gasteiger charge is -2.31. The summed E-state index contributed by atoms with van der Waals surface area (Å²) in [5.41, 5.74) is 4.24. The number of amides is 2. The number of aryl methyl sites for hydroxylation is 1. The third kappa shape index (κ3) is 6.43. The minimum absolute atomic E-state index is 0.134. The van der Waals surface area contributed by atoms with Crippen LogP contribution in [0.3, 0.4) is 0 Å². The fourth-order valence-electron chi connectivity index (χ4n) is 4.35. The summed E-state index contributed by atoms with van der Waals surface area (Å²) in [7, 11) is 1.64. The Balaban J connectivity index is 1.48. The van der Waals surface area contributed by atoms with Crippen molar-refractivity contribution in [3.8, 4) is 5.75 Å². The Bertz CT molecular complexity index is 1300. The van der Waals surface area contributed by atoms with E-state index in [0.717, 1.165) is 42.9 Å². The highest BCUT2D eigenvalue weighted by molar-refractivity contribution is 5.99. The number of nitrogens with zero attached hydrogens (tertiary/aromatic N) is 3. The lowest BCUT2D eigenvalue weighted by Crippen LogP contribution is -2.36. The number of benzene rings is 2. The van der Waals surface area contributed by atoms with E-state index in [1.807, 2.05) is 42.2 Å². The number of hydrogen-bond donors (Lipinski definition) is 3. The second-order valence-electron chi connectivity index (χ2n) is 8.99.